The van der Waals surface area contributed by atoms with E-state index in [0.29, 0.717) is 50.9 Å². The number of rotatable bonds is 10. The molecule has 5 N–H and O–H groups in total. The minimum absolute atomic E-state index is 0.0306. The first-order valence-electron chi connectivity index (χ1n) is 18.9. The van der Waals surface area contributed by atoms with Crippen molar-refractivity contribution in [1.29, 1.82) is 0 Å². The van der Waals surface area contributed by atoms with Gasteiger partial charge in [-0.1, -0.05) is 25.7 Å². The van der Waals surface area contributed by atoms with Crippen LogP contribution in [-0.4, -0.2) is 121 Å². The van der Waals surface area contributed by atoms with Gasteiger partial charge in [-0.05, 0) is 83.1 Å². The van der Waals surface area contributed by atoms with Gasteiger partial charge in [0.25, 0.3) is 0 Å². The number of carbonyl (C=O) groups excluding carboxylic acids is 1. The van der Waals surface area contributed by atoms with Crippen LogP contribution in [-0.2, 0) is 33.2 Å². The Morgan fingerprint density at radius 3 is 2.10 bits per heavy atom. The summed E-state index contributed by atoms with van der Waals surface area (Å²) in [6, 6.07) is 0. The summed E-state index contributed by atoms with van der Waals surface area (Å²) in [5.41, 5.74) is 7.31. The number of fused-ring (bicyclic) bond motifs is 1. The molecular formula is C38H65NO10. The first-order valence-corrected chi connectivity index (χ1v) is 18.9. The van der Waals surface area contributed by atoms with Crippen molar-refractivity contribution < 1.29 is 48.5 Å². The van der Waals surface area contributed by atoms with E-state index in [1.807, 2.05) is 6.92 Å². The summed E-state index contributed by atoms with van der Waals surface area (Å²) in [7, 11) is 0. The average molecular weight is 696 g/mol. The van der Waals surface area contributed by atoms with E-state index in [0.717, 1.165) is 63.7 Å². The van der Waals surface area contributed by atoms with Gasteiger partial charge in [-0.2, -0.15) is 0 Å². The van der Waals surface area contributed by atoms with Crippen molar-refractivity contribution in [2.45, 2.75) is 177 Å². The van der Waals surface area contributed by atoms with E-state index < -0.39 is 24.4 Å². The molecule has 0 bridgehead atoms. The summed E-state index contributed by atoms with van der Waals surface area (Å²) in [6.45, 7) is 16.2. The smallest absolute Gasteiger partial charge is 0.135 e. The highest BCUT2D eigenvalue weighted by molar-refractivity contribution is 5.79. The predicted octanol–water partition coefficient (Wildman–Crippen LogP) is 3.93. The topological polar surface area (TPSA) is 159 Å². The lowest BCUT2D eigenvalue weighted by molar-refractivity contribution is -0.247. The van der Waals surface area contributed by atoms with E-state index in [4.69, 9.17) is 39.3 Å². The normalized spacial score (nSPS) is 39.7. The van der Waals surface area contributed by atoms with Gasteiger partial charge in [0, 0.05) is 38.8 Å². The first kappa shape index (κ1) is 40.5. The van der Waals surface area contributed by atoms with Crippen molar-refractivity contribution in [3.05, 3.63) is 24.3 Å². The molecule has 6 saturated heterocycles. The lowest BCUT2D eigenvalue weighted by atomic mass is 9.87. The maximum absolute atomic E-state index is 12.6. The third-order valence-electron chi connectivity index (χ3n) is 10.8. The van der Waals surface area contributed by atoms with Crippen LogP contribution in [0.4, 0.5) is 0 Å². The van der Waals surface area contributed by atoms with Crippen LogP contribution in [0.5, 0.6) is 0 Å². The molecule has 6 rings (SSSR count). The van der Waals surface area contributed by atoms with Crippen LogP contribution >= 0.6 is 0 Å². The van der Waals surface area contributed by atoms with Gasteiger partial charge in [0.1, 0.15) is 18.0 Å². The number of Topliss-reactive ketones (excluding diaryl/α,β-unsaturated/α-hetero) is 1. The number of carbonyl (C=O) groups is 1. The van der Waals surface area contributed by atoms with Crippen LogP contribution < -0.4 is 5.73 Å². The van der Waals surface area contributed by atoms with Gasteiger partial charge < -0.3 is 49.5 Å². The quantitative estimate of drug-likeness (QED) is 0.246. The Morgan fingerprint density at radius 2 is 1.49 bits per heavy atom. The van der Waals surface area contributed by atoms with Crippen LogP contribution in [0, 0.1) is 5.92 Å². The minimum atomic E-state index is -0.701. The highest BCUT2D eigenvalue weighted by atomic mass is 16.6. The third-order valence-corrected chi connectivity index (χ3v) is 10.8. The van der Waals surface area contributed by atoms with Gasteiger partial charge in [-0.3, -0.25) is 4.79 Å². The molecule has 11 heteroatoms. The molecule has 6 heterocycles. The van der Waals surface area contributed by atoms with Crippen molar-refractivity contribution in [3.8, 4) is 0 Å². The molecule has 6 aliphatic rings. The molecule has 0 aromatic heterocycles. The van der Waals surface area contributed by atoms with Crippen LogP contribution in [0.25, 0.3) is 0 Å². The predicted molar refractivity (Wildman–Crippen MR) is 186 cm³/mol. The van der Waals surface area contributed by atoms with E-state index >= 15 is 0 Å². The molecular weight excluding hydrogens is 630 g/mol. The third kappa shape index (κ3) is 12.7. The Morgan fingerprint density at radius 1 is 0.837 bits per heavy atom. The van der Waals surface area contributed by atoms with Crippen LogP contribution in [0.3, 0.4) is 0 Å². The van der Waals surface area contributed by atoms with E-state index in [1.165, 1.54) is 18.4 Å². The van der Waals surface area contributed by atoms with Crippen LogP contribution in [0.2, 0.25) is 0 Å². The first-order chi connectivity index (χ1) is 23.4. The Hall–Kier alpha value is -1.25. The van der Waals surface area contributed by atoms with Gasteiger partial charge in [0.05, 0.1) is 74.3 Å². The number of aliphatic hydroxyl groups excluding tert-OH is 3. The summed E-state index contributed by atoms with van der Waals surface area (Å²) >= 11 is 0. The lowest BCUT2D eigenvalue weighted by Crippen LogP contribution is -2.57. The second-order valence-corrected chi connectivity index (χ2v) is 15.1. The molecule has 0 spiro atoms. The number of nitrogens with two attached hydrogens (primary N) is 1. The maximum atomic E-state index is 12.6. The molecule has 0 aromatic carbocycles. The zero-order valence-electron chi connectivity index (χ0n) is 30.2. The fraction of sp³-hybridized carbons (Fsp3) is 0.868. The molecule has 6 aliphatic heterocycles. The van der Waals surface area contributed by atoms with E-state index in [1.54, 1.807) is 6.92 Å². The van der Waals surface area contributed by atoms with E-state index in [-0.39, 0.29) is 48.5 Å². The van der Waals surface area contributed by atoms with Gasteiger partial charge in [0.2, 0.25) is 0 Å². The van der Waals surface area contributed by atoms with Crippen LogP contribution in [0.1, 0.15) is 104 Å². The van der Waals surface area contributed by atoms with Gasteiger partial charge >= 0.3 is 0 Å². The molecule has 282 valence electrons. The van der Waals surface area contributed by atoms with Crippen molar-refractivity contribution >= 4 is 5.78 Å². The number of ether oxygens (including phenoxy) is 6. The molecule has 6 fully saturated rings. The highest BCUT2D eigenvalue weighted by Gasteiger charge is 2.49. The molecule has 11 nitrogen and oxygen atoms in total. The lowest BCUT2D eigenvalue weighted by Gasteiger charge is -2.46. The summed E-state index contributed by atoms with van der Waals surface area (Å²) in [4.78, 5) is 12.6. The Kier molecular flexibility index (Phi) is 16.6. The monoisotopic (exact) mass is 695 g/mol. The zero-order valence-corrected chi connectivity index (χ0v) is 30.2. The molecule has 0 amide bonds. The largest absolute Gasteiger partial charge is 0.392 e. The minimum Gasteiger partial charge on any atom is -0.392 e. The molecule has 0 radical (unpaired) electrons. The summed E-state index contributed by atoms with van der Waals surface area (Å²) < 4.78 is 35.5. The summed E-state index contributed by atoms with van der Waals surface area (Å²) in [5, 5.41) is 29.8. The van der Waals surface area contributed by atoms with Crippen LogP contribution in [0.15, 0.2) is 24.3 Å². The second-order valence-electron chi connectivity index (χ2n) is 15.1. The van der Waals surface area contributed by atoms with E-state index in [2.05, 4.69) is 20.1 Å². The van der Waals surface area contributed by atoms with Gasteiger partial charge in [-0.15, -0.1) is 0 Å². The summed E-state index contributed by atoms with van der Waals surface area (Å²) in [6.07, 6.45) is 7.89. The Labute approximate surface area is 293 Å². The second kappa shape index (κ2) is 20.1. The molecule has 0 aliphatic carbocycles. The fourth-order valence-electron chi connectivity index (χ4n) is 7.67. The molecule has 0 saturated carbocycles. The Balaban J connectivity index is 0.000000323. The molecule has 13 atom stereocenters. The van der Waals surface area contributed by atoms with Gasteiger partial charge in [0.15, 0.2) is 0 Å². The van der Waals surface area contributed by atoms with Crippen molar-refractivity contribution in [2.75, 3.05) is 26.4 Å². The SMILES string of the molecule is C=C1CC[C@H](CC)OC1.C=C1COC(CCC2CC(O)C(C3CC(O)[C@H]4OC(CC(=O)CC5CCO[C@H]5C)CCC4O3)O2)C1.CC(O)CN. The number of hydrogen-bond donors (Lipinski definition) is 4. The summed E-state index contributed by atoms with van der Waals surface area (Å²) in [5.74, 6) is 0.510. The highest BCUT2D eigenvalue weighted by Crippen LogP contribution is 2.38. The number of hydrogen-bond acceptors (Lipinski definition) is 11. The molecule has 0 aromatic rings. The van der Waals surface area contributed by atoms with Crippen molar-refractivity contribution in [2.24, 2.45) is 11.7 Å². The number of ketones is 1. The standard InChI is InChI=1S/C27H42O8.C8H14O.C3H9NO/c1-15-9-19(32-14-15)3-4-21-12-22(29)27(34-21)25-13-23(30)26-24(35-25)6-5-20(33-26)11-18(28)10-17-7-8-31-16(17)2;1-3-8-5-4-7(2)6-9-8;1-3(5)2-4/h16-17,19-27,29-30H,1,3-14H2,2H3;8H,2-6H2,1H3;3,5H,2,4H2,1H3/t16-,17?,19?,20?,21?,22?,23?,24?,25?,26+,27?;8-;/m00./s1. The van der Waals surface area contributed by atoms with Crippen molar-refractivity contribution in [1.82, 2.24) is 0 Å². The van der Waals surface area contributed by atoms with E-state index in [9.17, 15) is 15.0 Å². The Bertz CT molecular complexity index is 1030. The average Bonchev–Trinajstić information content (AvgIpc) is 3.80. The molecule has 10 unspecified atom stereocenters. The maximum Gasteiger partial charge on any atom is 0.135 e. The molecule has 49 heavy (non-hydrogen) atoms. The fourth-order valence-corrected chi connectivity index (χ4v) is 7.67. The zero-order chi connectivity index (χ0) is 35.5. The van der Waals surface area contributed by atoms with Crippen molar-refractivity contribution in [3.63, 3.8) is 0 Å². The van der Waals surface area contributed by atoms with Gasteiger partial charge in [-0.25, -0.2) is 0 Å². The number of aliphatic hydroxyl groups is 3.